The lowest BCUT2D eigenvalue weighted by atomic mass is 10.1. The van der Waals surface area contributed by atoms with Gasteiger partial charge in [-0.15, -0.1) is 0 Å². The first-order valence-electron chi connectivity index (χ1n) is 5.12. The van der Waals surface area contributed by atoms with Crippen LogP contribution in [0.25, 0.3) is 0 Å². The number of rotatable bonds is 9. The number of hydrogen-bond acceptors (Lipinski definition) is 2. The Kier molecular flexibility index (Phi) is 10.8. The molecule has 0 aliphatic rings. The Morgan fingerprint density at radius 2 is 1.58 bits per heavy atom. The van der Waals surface area contributed by atoms with E-state index in [0.29, 0.717) is 0 Å². The molecule has 0 heterocycles. The fourth-order valence-corrected chi connectivity index (χ4v) is 1.18. The van der Waals surface area contributed by atoms with Crippen molar-refractivity contribution in [2.75, 3.05) is 19.6 Å². The summed E-state index contributed by atoms with van der Waals surface area (Å²) >= 11 is 0. The predicted molar refractivity (Wildman–Crippen MR) is 55.0 cm³/mol. The van der Waals surface area contributed by atoms with Gasteiger partial charge in [-0.3, -0.25) is 0 Å². The second-order valence-corrected chi connectivity index (χ2v) is 3.16. The summed E-state index contributed by atoms with van der Waals surface area (Å²) in [7, 11) is 0. The van der Waals surface area contributed by atoms with Gasteiger partial charge in [0.2, 0.25) is 0 Å². The van der Waals surface area contributed by atoms with Crippen LogP contribution in [0.2, 0.25) is 0 Å². The Balaban J connectivity index is 2.73. The Hall–Kier alpha value is -0.0800. The zero-order valence-corrected chi connectivity index (χ0v) is 8.15. The molecule has 0 aromatic rings. The van der Waals surface area contributed by atoms with E-state index in [1.54, 1.807) is 0 Å². The quantitative estimate of drug-likeness (QED) is 0.518. The highest BCUT2D eigenvalue weighted by atomic mass is 14.9. The van der Waals surface area contributed by atoms with E-state index in [1.807, 2.05) is 0 Å². The maximum Gasteiger partial charge on any atom is 0.00745 e. The van der Waals surface area contributed by atoms with E-state index in [9.17, 15) is 0 Å². The monoisotopic (exact) mass is 171 g/mol. The normalized spacial score (nSPS) is 10.5. The second kappa shape index (κ2) is 10.9. The maximum absolute atomic E-state index is 5.34. The van der Waals surface area contributed by atoms with E-state index >= 15 is 0 Å². The molecule has 0 aliphatic carbocycles. The summed E-state index contributed by atoms with van der Waals surface area (Å²) < 4.78 is 0. The zero-order chi connectivity index (χ0) is 9.07. The molecule has 0 saturated heterocycles. The maximum atomic E-state index is 5.34. The molecule has 0 unspecified atom stereocenters. The minimum absolute atomic E-state index is 0.751. The third-order valence-corrected chi connectivity index (χ3v) is 1.92. The van der Waals surface area contributed by atoms with E-state index < -0.39 is 0 Å². The van der Waals surface area contributed by atoms with Gasteiger partial charge in [-0.2, -0.15) is 0 Å². The van der Waals surface area contributed by atoms with Gasteiger partial charge in [0.1, 0.15) is 0 Å². The molecule has 0 aromatic carbocycles. The summed E-state index contributed by atoms with van der Waals surface area (Å²) in [6.45, 7) is 6.65. The molecule has 1 radical (unpaired) electrons. The zero-order valence-electron chi connectivity index (χ0n) is 8.15. The van der Waals surface area contributed by atoms with Crippen molar-refractivity contribution in [3.05, 3.63) is 6.92 Å². The van der Waals surface area contributed by atoms with Crippen molar-refractivity contribution < 1.29 is 0 Å². The highest BCUT2D eigenvalue weighted by Gasteiger charge is 1.89. The molecule has 0 bridgehead atoms. The smallest absolute Gasteiger partial charge is 0.00745 e. The van der Waals surface area contributed by atoms with Crippen molar-refractivity contribution >= 4 is 0 Å². The molecule has 2 nitrogen and oxygen atoms in total. The molecule has 3 N–H and O–H groups in total. The summed E-state index contributed by atoms with van der Waals surface area (Å²) in [4.78, 5) is 0. The van der Waals surface area contributed by atoms with Gasteiger partial charge >= 0.3 is 0 Å². The summed E-state index contributed by atoms with van der Waals surface area (Å²) in [5.74, 6) is 0. The van der Waals surface area contributed by atoms with E-state index in [1.165, 1.54) is 32.1 Å². The van der Waals surface area contributed by atoms with Crippen LogP contribution in [0.4, 0.5) is 0 Å². The van der Waals surface area contributed by atoms with Crippen LogP contribution < -0.4 is 11.1 Å². The van der Waals surface area contributed by atoms with E-state index in [-0.39, 0.29) is 0 Å². The van der Waals surface area contributed by atoms with E-state index in [0.717, 1.165) is 26.1 Å². The molecule has 0 saturated carbocycles. The summed E-state index contributed by atoms with van der Waals surface area (Å²) in [5, 5.41) is 3.29. The first-order chi connectivity index (χ1) is 5.91. The van der Waals surface area contributed by atoms with Crippen molar-refractivity contribution in [1.29, 1.82) is 0 Å². The van der Waals surface area contributed by atoms with Crippen LogP contribution in [0.5, 0.6) is 0 Å². The summed E-state index contributed by atoms with van der Waals surface area (Å²) in [6, 6.07) is 0. The van der Waals surface area contributed by atoms with Crippen molar-refractivity contribution in [3.63, 3.8) is 0 Å². The number of nitrogens with one attached hydrogen (secondary N) is 1. The summed E-state index contributed by atoms with van der Waals surface area (Å²) in [5.41, 5.74) is 5.34. The summed E-state index contributed by atoms with van der Waals surface area (Å²) in [6.07, 6.45) is 7.72. The lowest BCUT2D eigenvalue weighted by molar-refractivity contribution is 0.579. The lowest BCUT2D eigenvalue weighted by Gasteiger charge is -2.02. The Labute approximate surface area is 76.9 Å². The van der Waals surface area contributed by atoms with Crippen molar-refractivity contribution in [1.82, 2.24) is 5.32 Å². The lowest BCUT2D eigenvalue weighted by Crippen LogP contribution is -2.23. The molecule has 0 rings (SSSR count). The van der Waals surface area contributed by atoms with Crippen molar-refractivity contribution in [2.24, 2.45) is 5.73 Å². The second-order valence-electron chi connectivity index (χ2n) is 3.16. The van der Waals surface area contributed by atoms with Gasteiger partial charge in [-0.1, -0.05) is 39.0 Å². The van der Waals surface area contributed by atoms with Crippen LogP contribution in [0.3, 0.4) is 0 Å². The van der Waals surface area contributed by atoms with Gasteiger partial charge in [0.15, 0.2) is 0 Å². The van der Waals surface area contributed by atoms with Crippen LogP contribution in [0.1, 0.15) is 38.5 Å². The first-order valence-corrected chi connectivity index (χ1v) is 5.12. The minimum Gasteiger partial charge on any atom is -0.329 e. The van der Waals surface area contributed by atoms with Gasteiger partial charge in [0.05, 0.1) is 0 Å². The predicted octanol–water partition coefficient (Wildman–Crippen LogP) is 1.71. The Morgan fingerprint density at radius 1 is 0.917 bits per heavy atom. The van der Waals surface area contributed by atoms with Gasteiger partial charge in [0, 0.05) is 13.1 Å². The number of hydrogen-bond donors (Lipinski definition) is 2. The molecule has 0 aliphatic heterocycles. The fraction of sp³-hybridized carbons (Fsp3) is 0.900. The number of nitrogens with two attached hydrogens (primary N) is 1. The Morgan fingerprint density at radius 3 is 2.25 bits per heavy atom. The van der Waals surface area contributed by atoms with Crippen LogP contribution >= 0.6 is 0 Å². The average Bonchev–Trinajstić information content (AvgIpc) is 2.10. The SMILES string of the molecule is [CH2]CCCCCCCNCCN. The highest BCUT2D eigenvalue weighted by Crippen LogP contribution is 2.03. The van der Waals surface area contributed by atoms with E-state index in [2.05, 4.69) is 12.2 Å². The molecule has 2 heteroatoms. The molecular weight excluding hydrogens is 148 g/mol. The van der Waals surface area contributed by atoms with Gasteiger partial charge in [0.25, 0.3) is 0 Å². The van der Waals surface area contributed by atoms with Crippen molar-refractivity contribution in [2.45, 2.75) is 38.5 Å². The Bertz CT molecular complexity index is 64.2. The molecular formula is C10H23N2. The first kappa shape index (κ1) is 11.9. The average molecular weight is 171 g/mol. The molecule has 12 heavy (non-hydrogen) atoms. The molecule has 0 amide bonds. The molecule has 0 aromatic heterocycles. The van der Waals surface area contributed by atoms with Gasteiger partial charge in [-0.25, -0.2) is 0 Å². The standard InChI is InChI=1S/C10H23N2/c1-2-3-4-5-6-7-9-12-10-8-11/h12H,1-11H2. The van der Waals surface area contributed by atoms with Crippen LogP contribution in [-0.4, -0.2) is 19.6 Å². The van der Waals surface area contributed by atoms with Crippen LogP contribution in [0.15, 0.2) is 0 Å². The molecule has 0 atom stereocenters. The third-order valence-electron chi connectivity index (χ3n) is 1.92. The fourth-order valence-electron chi connectivity index (χ4n) is 1.18. The third kappa shape index (κ3) is 9.92. The molecule has 0 spiro atoms. The largest absolute Gasteiger partial charge is 0.329 e. The van der Waals surface area contributed by atoms with Gasteiger partial charge in [-0.05, 0) is 13.0 Å². The molecule has 0 fully saturated rings. The van der Waals surface area contributed by atoms with E-state index in [4.69, 9.17) is 5.73 Å². The molecule has 73 valence electrons. The number of unbranched alkanes of at least 4 members (excludes halogenated alkanes) is 5. The van der Waals surface area contributed by atoms with Crippen molar-refractivity contribution in [3.8, 4) is 0 Å². The highest BCUT2D eigenvalue weighted by molar-refractivity contribution is 4.50. The topological polar surface area (TPSA) is 38.0 Å². The minimum atomic E-state index is 0.751. The van der Waals surface area contributed by atoms with Crippen LogP contribution in [0, 0.1) is 6.92 Å². The van der Waals surface area contributed by atoms with Crippen LogP contribution in [-0.2, 0) is 0 Å². The van der Waals surface area contributed by atoms with Gasteiger partial charge < -0.3 is 11.1 Å².